The summed E-state index contributed by atoms with van der Waals surface area (Å²) in [6.07, 6.45) is 2.24. The summed E-state index contributed by atoms with van der Waals surface area (Å²) in [5.74, 6) is 0.327. The van der Waals surface area contributed by atoms with Gasteiger partial charge >= 0.3 is 0 Å². The molecule has 1 fully saturated rings. The van der Waals surface area contributed by atoms with Gasteiger partial charge in [0.15, 0.2) is 4.77 Å². The van der Waals surface area contributed by atoms with Gasteiger partial charge in [-0.1, -0.05) is 0 Å². The summed E-state index contributed by atoms with van der Waals surface area (Å²) in [6.45, 7) is 0.506. The average Bonchev–Trinajstić information content (AvgIpc) is 3.30. The maximum absolute atomic E-state index is 12.4. The minimum Gasteiger partial charge on any atom is -0.383 e. The van der Waals surface area contributed by atoms with Crippen molar-refractivity contribution in [2.75, 3.05) is 13.7 Å². The van der Waals surface area contributed by atoms with Crippen LogP contribution in [-0.2, 0) is 4.74 Å². The predicted molar refractivity (Wildman–Crippen MR) is 85.6 cm³/mol. The lowest BCUT2D eigenvalue weighted by Crippen LogP contribution is -2.39. The molecule has 2 aromatic rings. The summed E-state index contributed by atoms with van der Waals surface area (Å²) in [5.41, 5.74) is 0.780. The van der Waals surface area contributed by atoms with E-state index in [9.17, 15) is 9.59 Å². The number of aromatic nitrogens is 2. The predicted octanol–water partition coefficient (Wildman–Crippen LogP) is 1.74. The fourth-order valence-corrected chi connectivity index (χ4v) is 2.74. The first-order chi connectivity index (χ1) is 10.6. The van der Waals surface area contributed by atoms with Gasteiger partial charge in [0.2, 0.25) is 0 Å². The zero-order chi connectivity index (χ0) is 15.7. The number of nitrogens with one attached hydrogen (secondary N) is 3. The Morgan fingerprint density at radius 3 is 2.91 bits per heavy atom. The van der Waals surface area contributed by atoms with E-state index in [2.05, 4.69) is 15.3 Å². The quantitative estimate of drug-likeness (QED) is 0.733. The molecule has 0 unspecified atom stereocenters. The molecule has 0 radical (unpaired) electrons. The molecule has 0 saturated heterocycles. The molecule has 6 nitrogen and oxygen atoms in total. The number of carbonyl (C=O) groups excluding carboxylic acids is 1. The van der Waals surface area contributed by atoms with Crippen LogP contribution >= 0.6 is 12.2 Å². The van der Waals surface area contributed by atoms with Crippen LogP contribution in [0.5, 0.6) is 0 Å². The third-order valence-corrected chi connectivity index (χ3v) is 4.06. The number of amides is 1. The number of H-pyrrole nitrogens is 2. The number of hydrogen-bond acceptors (Lipinski definition) is 4. The van der Waals surface area contributed by atoms with Crippen molar-refractivity contribution in [2.24, 2.45) is 5.92 Å². The van der Waals surface area contributed by atoms with Gasteiger partial charge in [-0.05, 0) is 49.2 Å². The van der Waals surface area contributed by atoms with Gasteiger partial charge in [-0.3, -0.25) is 14.6 Å². The Morgan fingerprint density at radius 2 is 2.23 bits per heavy atom. The lowest BCUT2D eigenvalue weighted by atomic mass is 10.1. The number of aromatic amines is 2. The lowest BCUT2D eigenvalue weighted by molar-refractivity contribution is 0.0884. The van der Waals surface area contributed by atoms with E-state index >= 15 is 0 Å². The monoisotopic (exact) mass is 319 g/mol. The highest BCUT2D eigenvalue weighted by molar-refractivity contribution is 7.71. The third kappa shape index (κ3) is 3.10. The number of fused-ring (bicyclic) bond motifs is 1. The molecule has 1 amide bonds. The van der Waals surface area contributed by atoms with Crippen molar-refractivity contribution in [1.82, 2.24) is 15.3 Å². The Bertz CT molecular complexity index is 823. The van der Waals surface area contributed by atoms with Crippen LogP contribution in [0.3, 0.4) is 0 Å². The van der Waals surface area contributed by atoms with E-state index in [1.165, 1.54) is 0 Å². The second-order valence-electron chi connectivity index (χ2n) is 5.54. The molecule has 0 bridgehead atoms. The zero-order valence-electron chi connectivity index (χ0n) is 12.1. The Kier molecular flexibility index (Phi) is 4.08. The van der Waals surface area contributed by atoms with Gasteiger partial charge in [-0.2, -0.15) is 0 Å². The molecular weight excluding hydrogens is 302 g/mol. The first kappa shape index (κ1) is 14.9. The molecule has 1 atom stereocenters. The van der Waals surface area contributed by atoms with Crippen LogP contribution < -0.4 is 10.9 Å². The van der Waals surface area contributed by atoms with Crippen molar-refractivity contribution in [3.63, 3.8) is 0 Å². The molecule has 1 heterocycles. The minimum atomic E-state index is -0.263. The van der Waals surface area contributed by atoms with Crippen LogP contribution in [0.2, 0.25) is 0 Å². The number of ether oxygens (including phenoxy) is 1. The first-order valence-corrected chi connectivity index (χ1v) is 7.55. The number of benzene rings is 1. The van der Waals surface area contributed by atoms with E-state index in [1.807, 2.05) is 0 Å². The van der Waals surface area contributed by atoms with Crippen LogP contribution in [0.15, 0.2) is 23.0 Å². The van der Waals surface area contributed by atoms with Gasteiger partial charge < -0.3 is 15.0 Å². The summed E-state index contributed by atoms with van der Waals surface area (Å²) in [4.78, 5) is 29.6. The Hall–Kier alpha value is -1.99. The third-order valence-electron chi connectivity index (χ3n) is 3.86. The van der Waals surface area contributed by atoms with E-state index in [0.29, 0.717) is 29.0 Å². The van der Waals surface area contributed by atoms with Crippen molar-refractivity contribution < 1.29 is 9.53 Å². The van der Waals surface area contributed by atoms with Crippen LogP contribution in [0.4, 0.5) is 0 Å². The van der Waals surface area contributed by atoms with E-state index in [4.69, 9.17) is 17.0 Å². The highest BCUT2D eigenvalue weighted by Gasteiger charge is 2.32. The van der Waals surface area contributed by atoms with Crippen LogP contribution in [0, 0.1) is 10.7 Å². The second kappa shape index (κ2) is 6.02. The topological polar surface area (TPSA) is 87.0 Å². The van der Waals surface area contributed by atoms with Gasteiger partial charge in [-0.25, -0.2) is 0 Å². The van der Waals surface area contributed by atoms with Crippen LogP contribution in [0.25, 0.3) is 10.9 Å². The Labute approximate surface area is 131 Å². The Morgan fingerprint density at radius 1 is 1.45 bits per heavy atom. The number of carbonyl (C=O) groups is 1. The molecule has 3 N–H and O–H groups in total. The summed E-state index contributed by atoms with van der Waals surface area (Å²) in [5, 5.41) is 3.47. The fraction of sp³-hybridized carbons (Fsp3) is 0.400. The maximum Gasteiger partial charge on any atom is 0.259 e. The van der Waals surface area contributed by atoms with Crippen molar-refractivity contribution in [3.05, 3.63) is 38.9 Å². The van der Waals surface area contributed by atoms with Gasteiger partial charge in [0.1, 0.15) is 0 Å². The summed E-state index contributed by atoms with van der Waals surface area (Å²) in [7, 11) is 1.63. The standard InChI is InChI=1S/C15H17N3O3S/c1-21-7-12(8-2-3-8)16-13(19)9-4-5-10-11(6-9)17-15(22)18-14(10)20/h4-6,8,12H,2-3,7H2,1H3,(H,16,19)(H2,17,18,20,22)/t12-/m1/s1. The fourth-order valence-electron chi connectivity index (χ4n) is 2.54. The summed E-state index contributed by atoms with van der Waals surface area (Å²) in [6, 6.07) is 4.94. The lowest BCUT2D eigenvalue weighted by Gasteiger charge is -2.17. The highest BCUT2D eigenvalue weighted by Crippen LogP contribution is 2.32. The van der Waals surface area contributed by atoms with Gasteiger partial charge in [0, 0.05) is 12.7 Å². The highest BCUT2D eigenvalue weighted by atomic mass is 32.1. The molecule has 1 aliphatic carbocycles. The van der Waals surface area contributed by atoms with E-state index in [1.54, 1.807) is 25.3 Å². The molecule has 3 rings (SSSR count). The van der Waals surface area contributed by atoms with E-state index < -0.39 is 0 Å². The summed E-state index contributed by atoms with van der Waals surface area (Å²) < 4.78 is 5.40. The molecule has 0 spiro atoms. The molecule has 1 aromatic heterocycles. The first-order valence-electron chi connectivity index (χ1n) is 7.14. The van der Waals surface area contributed by atoms with Crippen molar-refractivity contribution >= 4 is 29.0 Å². The molecule has 1 aromatic carbocycles. The molecule has 1 saturated carbocycles. The van der Waals surface area contributed by atoms with Gasteiger partial charge in [0.25, 0.3) is 11.5 Å². The average molecular weight is 319 g/mol. The van der Waals surface area contributed by atoms with Crippen molar-refractivity contribution in [1.29, 1.82) is 0 Å². The molecular formula is C15H17N3O3S. The molecule has 1 aliphatic rings. The van der Waals surface area contributed by atoms with Crippen molar-refractivity contribution in [3.8, 4) is 0 Å². The normalized spacial score (nSPS) is 15.7. The molecule has 0 aliphatic heterocycles. The van der Waals surface area contributed by atoms with Gasteiger partial charge in [0.05, 0.1) is 23.6 Å². The molecule has 7 heteroatoms. The van der Waals surface area contributed by atoms with E-state index in [0.717, 1.165) is 12.8 Å². The Balaban J connectivity index is 1.87. The van der Waals surface area contributed by atoms with Crippen molar-refractivity contribution in [2.45, 2.75) is 18.9 Å². The molecule has 22 heavy (non-hydrogen) atoms. The SMILES string of the molecule is COC[C@@H](NC(=O)c1ccc2c(=O)[nH]c(=S)[nH]c2c1)C1CC1. The number of rotatable bonds is 5. The van der Waals surface area contributed by atoms with E-state index in [-0.39, 0.29) is 22.3 Å². The maximum atomic E-state index is 12.4. The molecule has 116 valence electrons. The summed E-state index contributed by atoms with van der Waals surface area (Å²) >= 11 is 4.95. The minimum absolute atomic E-state index is 0.0332. The van der Waals surface area contributed by atoms with Crippen LogP contribution in [0.1, 0.15) is 23.2 Å². The smallest absolute Gasteiger partial charge is 0.259 e. The second-order valence-corrected chi connectivity index (χ2v) is 5.95. The van der Waals surface area contributed by atoms with Gasteiger partial charge in [-0.15, -0.1) is 0 Å². The zero-order valence-corrected chi connectivity index (χ0v) is 13.0. The number of hydrogen-bond donors (Lipinski definition) is 3. The number of methoxy groups -OCH3 is 1. The largest absolute Gasteiger partial charge is 0.383 e. The van der Waals surface area contributed by atoms with Crippen LogP contribution in [-0.4, -0.2) is 35.6 Å².